The lowest BCUT2D eigenvalue weighted by Gasteiger charge is -2.46. The van der Waals surface area contributed by atoms with E-state index in [0.717, 1.165) is 66.9 Å². The average molecular weight is 480 g/mol. The lowest BCUT2D eigenvalue weighted by Crippen LogP contribution is -2.54. The van der Waals surface area contributed by atoms with E-state index in [9.17, 15) is 5.11 Å². The summed E-state index contributed by atoms with van der Waals surface area (Å²) >= 11 is 1.79. The van der Waals surface area contributed by atoms with Crippen molar-refractivity contribution in [1.82, 2.24) is 34.9 Å². The van der Waals surface area contributed by atoms with Crippen molar-refractivity contribution in [3.63, 3.8) is 0 Å². The van der Waals surface area contributed by atoms with E-state index in [1.807, 2.05) is 12.4 Å². The molecule has 4 aromatic rings. The molecule has 6 rings (SSSR count). The number of rotatable bonds is 6. The molecule has 2 saturated heterocycles. The Balaban J connectivity index is 1.31. The molecule has 2 unspecified atom stereocenters. The Morgan fingerprint density at radius 2 is 2.06 bits per heavy atom. The van der Waals surface area contributed by atoms with Crippen molar-refractivity contribution in [2.24, 2.45) is 0 Å². The first-order valence-corrected chi connectivity index (χ1v) is 12.7. The molecule has 0 radical (unpaired) electrons. The molecule has 2 N–H and O–H groups in total. The molecule has 3 aromatic heterocycles. The van der Waals surface area contributed by atoms with E-state index in [4.69, 9.17) is 4.74 Å². The van der Waals surface area contributed by atoms with Crippen LogP contribution in [0.2, 0.25) is 0 Å². The van der Waals surface area contributed by atoms with Gasteiger partial charge in [-0.1, -0.05) is 12.1 Å². The second kappa shape index (κ2) is 9.65. The SMILES string of the molecule is OCCN1CCN(C(c2cc3ncncc3s2)N2CCOC(c3cccc4[nH]ncc34)C2)CC1. The molecule has 1 aromatic carbocycles. The summed E-state index contributed by atoms with van der Waals surface area (Å²) in [5.74, 6) is 0. The van der Waals surface area contributed by atoms with Crippen molar-refractivity contribution in [2.45, 2.75) is 12.3 Å². The second-order valence-electron chi connectivity index (χ2n) is 8.93. The number of aliphatic hydroxyl groups is 1. The fourth-order valence-electron chi connectivity index (χ4n) is 5.25. The third-order valence-corrected chi connectivity index (χ3v) is 8.05. The maximum Gasteiger partial charge on any atom is 0.116 e. The van der Waals surface area contributed by atoms with Crippen LogP contribution >= 0.6 is 11.3 Å². The first-order chi connectivity index (χ1) is 16.8. The Kier molecular flexibility index (Phi) is 6.25. The van der Waals surface area contributed by atoms with E-state index in [-0.39, 0.29) is 18.9 Å². The molecule has 2 aliphatic rings. The topological polar surface area (TPSA) is 93.6 Å². The van der Waals surface area contributed by atoms with Crippen molar-refractivity contribution in [3.05, 3.63) is 53.4 Å². The molecule has 2 atom stereocenters. The quantitative estimate of drug-likeness (QED) is 0.435. The fraction of sp³-hybridized carbons (Fsp3) is 0.458. The molecular formula is C24H29N7O2S. The summed E-state index contributed by atoms with van der Waals surface area (Å²) in [7, 11) is 0. The monoisotopic (exact) mass is 479 g/mol. The zero-order valence-electron chi connectivity index (χ0n) is 19.0. The smallest absolute Gasteiger partial charge is 0.116 e. The van der Waals surface area contributed by atoms with Crippen molar-refractivity contribution < 1.29 is 9.84 Å². The molecule has 2 fully saturated rings. The van der Waals surface area contributed by atoms with Crippen LogP contribution in [-0.4, -0.2) is 99.0 Å². The Bertz CT molecular complexity index is 1220. The van der Waals surface area contributed by atoms with Gasteiger partial charge < -0.3 is 9.84 Å². The minimum atomic E-state index is -0.0117. The predicted molar refractivity (Wildman–Crippen MR) is 132 cm³/mol. The van der Waals surface area contributed by atoms with Crippen LogP contribution in [0.5, 0.6) is 0 Å². The fourth-order valence-corrected chi connectivity index (χ4v) is 6.40. The number of thiophene rings is 1. The van der Waals surface area contributed by atoms with Gasteiger partial charge >= 0.3 is 0 Å². The molecule has 10 heteroatoms. The molecule has 2 aliphatic heterocycles. The van der Waals surface area contributed by atoms with E-state index < -0.39 is 0 Å². The largest absolute Gasteiger partial charge is 0.395 e. The van der Waals surface area contributed by atoms with Crippen LogP contribution < -0.4 is 0 Å². The van der Waals surface area contributed by atoms with Crippen LogP contribution in [0, 0.1) is 0 Å². The van der Waals surface area contributed by atoms with Gasteiger partial charge in [0.1, 0.15) is 6.33 Å². The number of nitrogens with one attached hydrogen (secondary N) is 1. The van der Waals surface area contributed by atoms with E-state index in [2.05, 4.69) is 59.1 Å². The summed E-state index contributed by atoms with van der Waals surface area (Å²) in [6, 6.07) is 8.51. The number of hydrogen-bond donors (Lipinski definition) is 2. The minimum absolute atomic E-state index is 0.0117. The average Bonchev–Trinajstić information content (AvgIpc) is 3.52. The van der Waals surface area contributed by atoms with Crippen molar-refractivity contribution in [3.8, 4) is 0 Å². The van der Waals surface area contributed by atoms with Crippen molar-refractivity contribution in [2.75, 3.05) is 59.0 Å². The first kappa shape index (κ1) is 22.0. The summed E-state index contributed by atoms with van der Waals surface area (Å²) < 4.78 is 7.42. The number of benzene rings is 1. The highest BCUT2D eigenvalue weighted by atomic mass is 32.1. The summed E-state index contributed by atoms with van der Waals surface area (Å²) in [6.45, 7) is 7.17. The normalized spacial score (nSPS) is 22.0. The van der Waals surface area contributed by atoms with Crippen LogP contribution in [0.25, 0.3) is 21.1 Å². The van der Waals surface area contributed by atoms with Gasteiger partial charge in [0.25, 0.3) is 0 Å². The number of β-amino-alcohol motifs (C(OH)–C–C–N with tert-alkyl or cyclic N) is 1. The Morgan fingerprint density at radius 1 is 1.15 bits per heavy atom. The highest BCUT2D eigenvalue weighted by molar-refractivity contribution is 7.19. The molecule has 0 saturated carbocycles. The van der Waals surface area contributed by atoms with Crippen LogP contribution in [0.4, 0.5) is 0 Å². The molecule has 5 heterocycles. The highest BCUT2D eigenvalue weighted by Crippen LogP contribution is 2.38. The van der Waals surface area contributed by atoms with E-state index in [1.54, 1.807) is 17.7 Å². The molecule has 0 spiro atoms. The van der Waals surface area contributed by atoms with Gasteiger partial charge in [0, 0.05) is 62.3 Å². The third kappa shape index (κ3) is 4.21. The highest BCUT2D eigenvalue weighted by Gasteiger charge is 2.35. The lowest BCUT2D eigenvalue weighted by atomic mass is 10.0. The summed E-state index contributed by atoms with van der Waals surface area (Å²) in [5, 5.41) is 17.8. The number of ether oxygens (including phenoxy) is 1. The van der Waals surface area contributed by atoms with Gasteiger partial charge in [-0.15, -0.1) is 11.3 Å². The summed E-state index contributed by atoms with van der Waals surface area (Å²) in [5.41, 5.74) is 3.23. The van der Waals surface area contributed by atoms with Gasteiger partial charge in [-0.3, -0.25) is 19.8 Å². The molecule has 0 bridgehead atoms. The standard InChI is InChI=1S/C24H29N7O2S/c32-10-8-29-4-6-30(7-5-29)24(22-12-20-23(34-22)14-25-16-26-20)31-9-11-33-21(15-31)17-2-1-3-19-18(17)13-27-28-19/h1-3,12-14,16,21,24,32H,4-11,15H2,(H,27,28). The van der Waals surface area contributed by atoms with Gasteiger partial charge in [0.15, 0.2) is 0 Å². The maximum absolute atomic E-state index is 9.36. The number of aromatic amines is 1. The number of piperazine rings is 1. The molecule has 0 aliphatic carbocycles. The number of fused-ring (bicyclic) bond motifs is 2. The van der Waals surface area contributed by atoms with Crippen LogP contribution in [0.3, 0.4) is 0 Å². The lowest BCUT2D eigenvalue weighted by molar-refractivity contribution is -0.0840. The predicted octanol–water partition coefficient (Wildman–Crippen LogP) is 2.25. The number of aliphatic hydroxyl groups excluding tert-OH is 1. The Hall–Kier alpha value is -2.47. The Morgan fingerprint density at radius 3 is 2.91 bits per heavy atom. The molecule has 0 amide bonds. The zero-order chi connectivity index (χ0) is 22.9. The summed E-state index contributed by atoms with van der Waals surface area (Å²) in [4.78, 5) is 17.5. The number of aromatic nitrogens is 4. The molecule has 9 nitrogen and oxygen atoms in total. The number of morpholine rings is 1. The van der Waals surface area contributed by atoms with E-state index in [1.165, 1.54) is 10.4 Å². The molecule has 178 valence electrons. The van der Waals surface area contributed by atoms with E-state index >= 15 is 0 Å². The second-order valence-corrected chi connectivity index (χ2v) is 10.0. The molecular weight excluding hydrogens is 450 g/mol. The molecule has 34 heavy (non-hydrogen) atoms. The number of H-pyrrole nitrogens is 1. The van der Waals surface area contributed by atoms with Gasteiger partial charge in [-0.25, -0.2) is 9.97 Å². The zero-order valence-corrected chi connectivity index (χ0v) is 19.8. The first-order valence-electron chi connectivity index (χ1n) is 11.8. The number of hydrogen-bond acceptors (Lipinski definition) is 9. The number of nitrogens with zero attached hydrogens (tertiary/aromatic N) is 6. The van der Waals surface area contributed by atoms with E-state index in [0.29, 0.717) is 6.61 Å². The van der Waals surface area contributed by atoms with Crippen LogP contribution in [0.15, 0.2) is 43.0 Å². The van der Waals surface area contributed by atoms with Crippen LogP contribution in [-0.2, 0) is 4.74 Å². The maximum atomic E-state index is 9.36. The Labute approximate surface area is 202 Å². The minimum Gasteiger partial charge on any atom is -0.395 e. The van der Waals surface area contributed by atoms with Crippen molar-refractivity contribution >= 4 is 32.5 Å². The van der Waals surface area contributed by atoms with Crippen LogP contribution in [0.1, 0.15) is 22.7 Å². The van der Waals surface area contributed by atoms with Gasteiger partial charge in [-0.05, 0) is 17.7 Å². The van der Waals surface area contributed by atoms with Gasteiger partial charge in [-0.2, -0.15) is 5.10 Å². The summed E-state index contributed by atoms with van der Waals surface area (Å²) in [6.07, 6.45) is 5.58. The van der Waals surface area contributed by atoms with Gasteiger partial charge in [0.2, 0.25) is 0 Å². The third-order valence-electron chi connectivity index (χ3n) is 6.95. The van der Waals surface area contributed by atoms with Crippen molar-refractivity contribution in [1.29, 1.82) is 0 Å². The van der Waals surface area contributed by atoms with Gasteiger partial charge in [0.05, 0.1) is 47.4 Å².